The number of rotatable bonds is 7. The average Bonchev–Trinajstić information content (AvgIpc) is 2.05. The molecule has 0 aliphatic heterocycles. The Morgan fingerprint density at radius 1 is 1.18 bits per heavy atom. The lowest BCUT2D eigenvalue weighted by Gasteiger charge is -2.13. The molecule has 0 aromatic carbocycles. The maximum atomic E-state index is 10.0. The molecular weight excluding hydrogens is 154 g/mol. The highest BCUT2D eigenvalue weighted by Crippen LogP contribution is 1.86. The van der Waals surface area contributed by atoms with Gasteiger partial charge >= 0.3 is 0 Å². The van der Waals surface area contributed by atoms with E-state index in [4.69, 9.17) is 10.2 Å². The summed E-state index contributed by atoms with van der Waals surface area (Å²) >= 11 is 0. The summed E-state index contributed by atoms with van der Waals surface area (Å²) in [5.41, 5.74) is 0. The van der Waals surface area contributed by atoms with Gasteiger partial charge in [-0.2, -0.15) is 0 Å². The van der Waals surface area contributed by atoms with E-state index in [1.165, 1.54) is 0 Å². The van der Waals surface area contributed by atoms with Crippen LogP contribution in [0.3, 0.4) is 0 Å². The van der Waals surface area contributed by atoms with Crippen molar-refractivity contribution in [3.05, 3.63) is 0 Å². The van der Waals surface area contributed by atoms with E-state index in [-0.39, 0.29) is 26.4 Å². The first-order valence-electron chi connectivity index (χ1n) is 3.07. The minimum Gasteiger partial charge on any atom is -0.394 e. The minimum absolute atomic E-state index is 0.0236. The van der Waals surface area contributed by atoms with Gasteiger partial charge in [-0.15, -0.1) is 0 Å². The molecular formula is C5H11NO5. The van der Waals surface area contributed by atoms with Crippen LogP contribution in [0.25, 0.3) is 0 Å². The fraction of sp³-hybridized carbons (Fsp3) is 0.800. The maximum absolute atomic E-state index is 10.0. The van der Waals surface area contributed by atoms with E-state index in [0.29, 0.717) is 11.6 Å². The van der Waals surface area contributed by atoms with Crippen molar-refractivity contribution in [2.45, 2.75) is 0 Å². The van der Waals surface area contributed by atoms with Crippen LogP contribution in [0, 0.1) is 0 Å². The van der Waals surface area contributed by atoms with Gasteiger partial charge in [0.1, 0.15) is 13.2 Å². The van der Waals surface area contributed by atoms with Crippen LogP contribution in [-0.4, -0.2) is 48.3 Å². The number of nitrogens with zero attached hydrogens (tertiary/aromatic N) is 1. The number of carbonyl (C=O) groups is 1. The van der Waals surface area contributed by atoms with Gasteiger partial charge in [0.2, 0.25) is 0 Å². The molecule has 0 saturated carbocycles. The van der Waals surface area contributed by atoms with Crippen LogP contribution in [-0.2, 0) is 14.5 Å². The number of carbonyl (C=O) groups excluding carboxylic acids is 1. The third kappa shape index (κ3) is 5.74. The molecule has 0 aromatic rings. The highest BCUT2D eigenvalue weighted by atomic mass is 17.0. The highest BCUT2D eigenvalue weighted by Gasteiger charge is 1.99. The normalized spacial score (nSPS) is 9.64. The molecule has 0 radical (unpaired) electrons. The number of amides is 1. The maximum Gasteiger partial charge on any atom is 0.261 e. The first-order chi connectivity index (χ1) is 5.35. The molecule has 6 heteroatoms. The highest BCUT2D eigenvalue weighted by molar-refractivity contribution is 5.43. The Labute approximate surface area is 63.8 Å². The van der Waals surface area contributed by atoms with Gasteiger partial charge in [-0.05, 0) is 0 Å². The Balaban J connectivity index is 3.33. The van der Waals surface area contributed by atoms with Gasteiger partial charge in [0, 0.05) is 0 Å². The van der Waals surface area contributed by atoms with E-state index in [2.05, 4.69) is 9.68 Å². The summed E-state index contributed by atoms with van der Waals surface area (Å²) in [6, 6.07) is 0. The minimum atomic E-state index is -0.202. The van der Waals surface area contributed by atoms with Crippen LogP contribution >= 0.6 is 0 Å². The van der Waals surface area contributed by atoms with Gasteiger partial charge < -0.3 is 10.2 Å². The lowest BCUT2D eigenvalue weighted by molar-refractivity contribution is -0.336. The molecule has 0 rings (SSSR count). The number of hydrogen-bond donors (Lipinski definition) is 2. The Kier molecular flexibility index (Phi) is 6.95. The van der Waals surface area contributed by atoms with Gasteiger partial charge in [0.05, 0.1) is 13.2 Å². The number of hydroxylamine groups is 2. The van der Waals surface area contributed by atoms with E-state index >= 15 is 0 Å². The van der Waals surface area contributed by atoms with Crippen LogP contribution < -0.4 is 0 Å². The van der Waals surface area contributed by atoms with Crippen molar-refractivity contribution in [1.82, 2.24) is 5.23 Å². The van der Waals surface area contributed by atoms with Gasteiger partial charge in [0.15, 0.2) is 0 Å². The molecule has 6 nitrogen and oxygen atoms in total. The summed E-state index contributed by atoms with van der Waals surface area (Å²) in [6.45, 7) is -0.450. The average molecular weight is 165 g/mol. The fourth-order valence-electron chi connectivity index (χ4n) is 0.360. The predicted octanol–water partition coefficient (Wildman–Crippen LogP) is -1.71. The monoisotopic (exact) mass is 165 g/mol. The van der Waals surface area contributed by atoms with Crippen molar-refractivity contribution in [2.24, 2.45) is 0 Å². The summed E-state index contributed by atoms with van der Waals surface area (Å²) < 4.78 is 0. The van der Waals surface area contributed by atoms with Crippen LogP contribution in [0.2, 0.25) is 0 Å². The van der Waals surface area contributed by atoms with Gasteiger partial charge in [-0.3, -0.25) is 4.79 Å². The zero-order valence-electron chi connectivity index (χ0n) is 5.97. The molecule has 0 saturated heterocycles. The number of hydrogen-bond acceptors (Lipinski definition) is 5. The SMILES string of the molecule is O=CN(OCCO)OCCO. The zero-order chi connectivity index (χ0) is 8.53. The second-order valence-corrected chi connectivity index (χ2v) is 1.50. The quantitative estimate of drug-likeness (QED) is 0.347. The van der Waals surface area contributed by atoms with Crippen LogP contribution in [0.5, 0.6) is 0 Å². The number of aliphatic hydroxyl groups excluding tert-OH is 2. The third-order valence-electron chi connectivity index (χ3n) is 0.706. The third-order valence-corrected chi connectivity index (χ3v) is 0.706. The van der Waals surface area contributed by atoms with Crippen LogP contribution in [0.1, 0.15) is 0 Å². The zero-order valence-corrected chi connectivity index (χ0v) is 5.97. The number of aliphatic hydroxyl groups is 2. The topological polar surface area (TPSA) is 79.2 Å². The lowest BCUT2D eigenvalue weighted by atomic mass is 10.8. The van der Waals surface area contributed by atoms with E-state index < -0.39 is 0 Å². The predicted molar refractivity (Wildman–Crippen MR) is 34.0 cm³/mol. The van der Waals surface area contributed by atoms with E-state index in [1.54, 1.807) is 0 Å². The summed E-state index contributed by atoms with van der Waals surface area (Å²) in [5.74, 6) is 0. The Morgan fingerprint density at radius 2 is 1.64 bits per heavy atom. The summed E-state index contributed by atoms with van der Waals surface area (Å²) in [5, 5.41) is 17.1. The van der Waals surface area contributed by atoms with Crippen molar-refractivity contribution in [1.29, 1.82) is 0 Å². The van der Waals surface area contributed by atoms with Crippen LogP contribution in [0.15, 0.2) is 0 Å². The van der Waals surface area contributed by atoms with E-state index in [0.717, 1.165) is 0 Å². The van der Waals surface area contributed by atoms with Crippen molar-refractivity contribution in [2.75, 3.05) is 26.4 Å². The summed E-state index contributed by atoms with van der Waals surface area (Å²) in [4.78, 5) is 19.1. The molecule has 1 amide bonds. The lowest BCUT2D eigenvalue weighted by Crippen LogP contribution is -2.25. The standard InChI is InChI=1S/C5H11NO5/c7-1-3-10-6(5-9)11-4-2-8/h5,7-8H,1-4H2. The first-order valence-corrected chi connectivity index (χ1v) is 3.07. The smallest absolute Gasteiger partial charge is 0.261 e. The van der Waals surface area contributed by atoms with Crippen molar-refractivity contribution in [3.63, 3.8) is 0 Å². The molecule has 0 fully saturated rings. The van der Waals surface area contributed by atoms with Gasteiger partial charge in [-0.1, -0.05) is 5.23 Å². The van der Waals surface area contributed by atoms with E-state index in [9.17, 15) is 4.79 Å². The van der Waals surface area contributed by atoms with Crippen molar-refractivity contribution in [3.8, 4) is 0 Å². The van der Waals surface area contributed by atoms with Crippen molar-refractivity contribution < 1.29 is 24.7 Å². The van der Waals surface area contributed by atoms with E-state index in [1.807, 2.05) is 0 Å². The summed E-state index contributed by atoms with van der Waals surface area (Å²) in [7, 11) is 0. The van der Waals surface area contributed by atoms with Gasteiger partial charge in [-0.25, -0.2) is 9.68 Å². The molecule has 0 heterocycles. The summed E-state index contributed by atoms with van der Waals surface area (Å²) in [6.07, 6.45) is 0.297. The Morgan fingerprint density at radius 3 is 1.91 bits per heavy atom. The molecule has 66 valence electrons. The Bertz CT molecular complexity index is 90.9. The molecule has 0 aliphatic rings. The molecule has 0 spiro atoms. The molecule has 11 heavy (non-hydrogen) atoms. The Hall–Kier alpha value is -0.690. The molecule has 0 aromatic heterocycles. The second-order valence-electron chi connectivity index (χ2n) is 1.50. The molecule has 0 bridgehead atoms. The molecule has 0 atom stereocenters. The fourth-order valence-corrected chi connectivity index (χ4v) is 0.360. The molecule has 2 N–H and O–H groups in total. The molecule has 0 aliphatic carbocycles. The van der Waals surface area contributed by atoms with Gasteiger partial charge in [0.25, 0.3) is 6.41 Å². The second kappa shape index (κ2) is 7.42. The van der Waals surface area contributed by atoms with Crippen LogP contribution in [0.4, 0.5) is 0 Å². The first kappa shape index (κ1) is 10.3. The van der Waals surface area contributed by atoms with Crippen molar-refractivity contribution >= 4 is 6.41 Å². The largest absolute Gasteiger partial charge is 0.394 e. The molecule has 0 unspecified atom stereocenters.